The van der Waals surface area contributed by atoms with E-state index in [0.717, 1.165) is 30.5 Å². The average molecular weight is 301 g/mol. The lowest BCUT2D eigenvalue weighted by molar-refractivity contribution is -0.115. The van der Waals surface area contributed by atoms with Crippen molar-refractivity contribution < 1.29 is 4.79 Å². The van der Waals surface area contributed by atoms with Crippen molar-refractivity contribution >= 4 is 22.4 Å². The fraction of sp³-hybridized carbons (Fsp3) is 0.375. The van der Waals surface area contributed by atoms with E-state index in [1.54, 1.807) is 11.3 Å². The van der Waals surface area contributed by atoms with Gasteiger partial charge in [0.15, 0.2) is 5.13 Å². The number of fused-ring (bicyclic) bond motifs is 1. The fourth-order valence-corrected chi connectivity index (χ4v) is 3.63. The zero-order chi connectivity index (χ0) is 14.8. The zero-order valence-corrected chi connectivity index (χ0v) is 12.9. The minimum absolute atomic E-state index is 0.0192. The first kappa shape index (κ1) is 14.2. The van der Waals surface area contributed by atoms with Crippen molar-refractivity contribution in [2.75, 3.05) is 5.32 Å². The van der Waals surface area contributed by atoms with E-state index in [2.05, 4.69) is 10.3 Å². The Balaban J connectivity index is 1.64. The fourth-order valence-electron chi connectivity index (χ4n) is 2.51. The van der Waals surface area contributed by atoms with Gasteiger partial charge in [0.2, 0.25) is 5.91 Å². The number of carbonyl (C=O) groups is 1. The molecule has 0 radical (unpaired) electrons. The molecule has 2 aromatic rings. The molecular formula is C16H19N3OS. The van der Waals surface area contributed by atoms with Crippen LogP contribution in [0.15, 0.2) is 24.3 Å². The topological polar surface area (TPSA) is 68.0 Å². The lowest BCUT2D eigenvalue weighted by atomic mass is 9.99. The summed E-state index contributed by atoms with van der Waals surface area (Å²) in [5, 5.41) is 3.60. The molecule has 0 saturated carbocycles. The van der Waals surface area contributed by atoms with Gasteiger partial charge in [0, 0.05) is 10.9 Å². The molecule has 0 fully saturated rings. The molecule has 5 heteroatoms. The second-order valence-electron chi connectivity index (χ2n) is 5.60. The van der Waals surface area contributed by atoms with Crippen LogP contribution >= 0.6 is 11.3 Å². The minimum Gasteiger partial charge on any atom is -0.327 e. The minimum atomic E-state index is -0.0192. The second kappa shape index (κ2) is 5.95. The number of hydrogen-bond donors (Lipinski definition) is 2. The van der Waals surface area contributed by atoms with E-state index in [1.807, 2.05) is 31.2 Å². The van der Waals surface area contributed by atoms with Gasteiger partial charge >= 0.3 is 0 Å². The van der Waals surface area contributed by atoms with Gasteiger partial charge in [-0.25, -0.2) is 4.98 Å². The molecule has 0 unspecified atom stereocenters. The maximum absolute atomic E-state index is 12.1. The molecular weight excluding hydrogens is 282 g/mol. The first-order chi connectivity index (χ1) is 10.1. The number of thiazole rings is 1. The molecule has 1 amide bonds. The molecule has 0 saturated heterocycles. The molecule has 4 nitrogen and oxygen atoms in total. The van der Waals surface area contributed by atoms with Crippen LogP contribution in [0.5, 0.6) is 0 Å². The molecule has 1 aliphatic rings. The van der Waals surface area contributed by atoms with Crippen molar-refractivity contribution in [3.05, 3.63) is 46.0 Å². The molecule has 110 valence electrons. The van der Waals surface area contributed by atoms with Gasteiger partial charge in [0.05, 0.1) is 12.1 Å². The van der Waals surface area contributed by atoms with E-state index in [-0.39, 0.29) is 11.9 Å². The third-order valence-corrected chi connectivity index (χ3v) is 4.74. The van der Waals surface area contributed by atoms with Gasteiger partial charge in [-0.15, -0.1) is 11.3 Å². The SMILES string of the molecule is Cc1ccc(CC(=O)Nc2nc3c(s2)C[C@@H](N)CC3)cc1. The molecule has 3 N–H and O–H groups in total. The standard InChI is InChI=1S/C16H19N3OS/c1-10-2-4-11(5-3-10)8-15(20)19-16-18-13-7-6-12(17)9-14(13)21-16/h2-5,12H,6-9,17H2,1H3,(H,18,19,20)/t12-/m0/s1. The van der Waals surface area contributed by atoms with Gasteiger partial charge in [0.1, 0.15) is 0 Å². The highest BCUT2D eigenvalue weighted by Crippen LogP contribution is 2.29. The van der Waals surface area contributed by atoms with Gasteiger partial charge in [-0.1, -0.05) is 29.8 Å². The number of nitrogens with zero attached hydrogens (tertiary/aromatic N) is 1. The van der Waals surface area contributed by atoms with Crippen molar-refractivity contribution in [2.24, 2.45) is 5.73 Å². The van der Waals surface area contributed by atoms with Crippen LogP contribution in [-0.2, 0) is 24.1 Å². The molecule has 1 heterocycles. The van der Waals surface area contributed by atoms with Crippen LogP contribution in [-0.4, -0.2) is 16.9 Å². The summed E-state index contributed by atoms with van der Waals surface area (Å²) in [6.07, 6.45) is 3.15. The highest BCUT2D eigenvalue weighted by Gasteiger charge is 2.20. The van der Waals surface area contributed by atoms with Gasteiger partial charge in [0.25, 0.3) is 0 Å². The summed E-state index contributed by atoms with van der Waals surface area (Å²) in [5.41, 5.74) is 9.28. The molecule has 0 spiro atoms. The molecule has 1 aromatic heterocycles. The van der Waals surface area contributed by atoms with Crippen molar-refractivity contribution in [2.45, 2.75) is 38.6 Å². The average Bonchev–Trinajstić information content (AvgIpc) is 2.82. The second-order valence-corrected chi connectivity index (χ2v) is 6.69. The lowest BCUT2D eigenvalue weighted by Gasteiger charge is -2.15. The smallest absolute Gasteiger partial charge is 0.230 e. The van der Waals surface area contributed by atoms with Crippen molar-refractivity contribution in [1.29, 1.82) is 0 Å². The maximum Gasteiger partial charge on any atom is 0.230 e. The number of amides is 1. The Morgan fingerprint density at radius 2 is 2.19 bits per heavy atom. The Morgan fingerprint density at radius 1 is 1.43 bits per heavy atom. The molecule has 1 aromatic carbocycles. The molecule has 0 aliphatic heterocycles. The van der Waals surface area contributed by atoms with E-state index in [0.29, 0.717) is 11.6 Å². The summed E-state index contributed by atoms with van der Waals surface area (Å²) >= 11 is 1.56. The number of nitrogens with one attached hydrogen (secondary N) is 1. The van der Waals surface area contributed by atoms with Gasteiger partial charge in [-0.2, -0.15) is 0 Å². The Hall–Kier alpha value is -1.72. The number of rotatable bonds is 3. The van der Waals surface area contributed by atoms with E-state index >= 15 is 0 Å². The van der Waals surface area contributed by atoms with Crippen LogP contribution in [0.1, 0.15) is 28.1 Å². The van der Waals surface area contributed by atoms with E-state index in [9.17, 15) is 4.79 Å². The number of benzene rings is 1. The van der Waals surface area contributed by atoms with Crippen molar-refractivity contribution in [1.82, 2.24) is 4.98 Å². The van der Waals surface area contributed by atoms with Crippen LogP contribution in [0, 0.1) is 6.92 Å². The van der Waals surface area contributed by atoms with E-state index in [4.69, 9.17) is 5.73 Å². The van der Waals surface area contributed by atoms with Crippen LogP contribution in [0.4, 0.5) is 5.13 Å². The Morgan fingerprint density at radius 3 is 2.95 bits per heavy atom. The third kappa shape index (κ3) is 3.49. The van der Waals surface area contributed by atoms with Crippen molar-refractivity contribution in [3.8, 4) is 0 Å². The lowest BCUT2D eigenvalue weighted by Crippen LogP contribution is -2.27. The number of carbonyl (C=O) groups excluding carboxylic acids is 1. The summed E-state index contributed by atoms with van der Waals surface area (Å²) in [6, 6.07) is 8.24. The number of nitrogens with two attached hydrogens (primary N) is 1. The number of aryl methyl sites for hydroxylation is 2. The van der Waals surface area contributed by atoms with Crippen LogP contribution in [0.3, 0.4) is 0 Å². The number of aromatic nitrogens is 1. The van der Waals surface area contributed by atoms with Gasteiger partial charge in [-0.05, 0) is 31.7 Å². The Kier molecular flexibility index (Phi) is 4.03. The summed E-state index contributed by atoms with van der Waals surface area (Å²) < 4.78 is 0. The summed E-state index contributed by atoms with van der Waals surface area (Å²) in [6.45, 7) is 2.04. The summed E-state index contributed by atoms with van der Waals surface area (Å²) in [4.78, 5) is 17.8. The largest absolute Gasteiger partial charge is 0.327 e. The highest BCUT2D eigenvalue weighted by molar-refractivity contribution is 7.15. The summed E-state index contributed by atoms with van der Waals surface area (Å²) in [7, 11) is 0. The molecule has 3 rings (SSSR count). The first-order valence-corrected chi connectivity index (χ1v) is 8.01. The number of hydrogen-bond acceptors (Lipinski definition) is 4. The van der Waals surface area contributed by atoms with Gasteiger partial charge in [-0.3, -0.25) is 4.79 Å². The monoisotopic (exact) mass is 301 g/mol. The molecule has 0 bridgehead atoms. The van der Waals surface area contributed by atoms with E-state index in [1.165, 1.54) is 10.4 Å². The first-order valence-electron chi connectivity index (χ1n) is 7.19. The highest BCUT2D eigenvalue weighted by atomic mass is 32.1. The third-order valence-electron chi connectivity index (χ3n) is 3.71. The molecule has 21 heavy (non-hydrogen) atoms. The number of anilines is 1. The predicted molar refractivity (Wildman–Crippen MR) is 85.6 cm³/mol. The summed E-state index contributed by atoms with van der Waals surface area (Å²) in [5.74, 6) is -0.0192. The maximum atomic E-state index is 12.1. The van der Waals surface area contributed by atoms with E-state index < -0.39 is 0 Å². The van der Waals surface area contributed by atoms with Crippen LogP contribution < -0.4 is 11.1 Å². The Bertz CT molecular complexity index is 648. The predicted octanol–water partition coefficient (Wildman–Crippen LogP) is 2.45. The molecule has 1 atom stereocenters. The zero-order valence-electron chi connectivity index (χ0n) is 12.1. The van der Waals surface area contributed by atoms with Crippen LogP contribution in [0.25, 0.3) is 0 Å². The normalized spacial score (nSPS) is 17.3. The quantitative estimate of drug-likeness (QED) is 0.915. The Labute approximate surface area is 128 Å². The van der Waals surface area contributed by atoms with Crippen molar-refractivity contribution in [3.63, 3.8) is 0 Å². The van der Waals surface area contributed by atoms with Gasteiger partial charge < -0.3 is 11.1 Å². The molecule has 1 aliphatic carbocycles. The van der Waals surface area contributed by atoms with Crippen LogP contribution in [0.2, 0.25) is 0 Å².